The van der Waals surface area contributed by atoms with Crippen molar-refractivity contribution < 1.29 is 4.92 Å². The average molecular weight is 218 g/mol. The van der Waals surface area contributed by atoms with E-state index in [4.69, 9.17) is 5.73 Å². The highest BCUT2D eigenvalue weighted by Crippen LogP contribution is 2.31. The summed E-state index contributed by atoms with van der Waals surface area (Å²) in [6, 6.07) is 6.49. The molecule has 0 aliphatic heterocycles. The minimum Gasteiger partial charge on any atom is -0.382 e. The molecule has 16 heavy (non-hydrogen) atoms. The summed E-state index contributed by atoms with van der Waals surface area (Å²) in [4.78, 5) is 10.5. The molecule has 1 aromatic carbocycles. The second-order valence-electron chi connectivity index (χ2n) is 3.43. The minimum atomic E-state index is -0.417. The van der Waals surface area contributed by atoms with Crippen LogP contribution in [0.3, 0.4) is 0 Å². The van der Waals surface area contributed by atoms with Gasteiger partial charge in [0, 0.05) is 12.1 Å². The standard InChI is InChI=1S/C10H10N4O2/c1-6-3-2-4-8(14(15)16)10(6)7-5-9(11)13-12-7/h2-5H,1H3,(H3,11,12,13). The lowest BCUT2D eigenvalue weighted by molar-refractivity contribution is -0.384. The van der Waals surface area contributed by atoms with Gasteiger partial charge < -0.3 is 5.73 Å². The van der Waals surface area contributed by atoms with Gasteiger partial charge >= 0.3 is 0 Å². The molecule has 0 spiro atoms. The van der Waals surface area contributed by atoms with Gasteiger partial charge in [0.2, 0.25) is 0 Å². The molecule has 6 heteroatoms. The minimum absolute atomic E-state index is 0.0450. The van der Waals surface area contributed by atoms with Crippen molar-refractivity contribution in [3.63, 3.8) is 0 Å². The van der Waals surface area contributed by atoms with Crippen molar-refractivity contribution in [1.82, 2.24) is 10.2 Å². The number of nitrogens with zero attached hydrogens (tertiary/aromatic N) is 2. The van der Waals surface area contributed by atoms with E-state index >= 15 is 0 Å². The van der Waals surface area contributed by atoms with Crippen LogP contribution in [-0.2, 0) is 0 Å². The van der Waals surface area contributed by atoms with E-state index in [9.17, 15) is 10.1 Å². The predicted molar refractivity (Wildman–Crippen MR) is 59.8 cm³/mol. The number of aromatic nitrogens is 2. The summed E-state index contributed by atoms with van der Waals surface area (Å²) in [5, 5.41) is 17.3. The van der Waals surface area contributed by atoms with E-state index in [1.165, 1.54) is 6.07 Å². The Kier molecular flexibility index (Phi) is 2.32. The van der Waals surface area contributed by atoms with Crippen molar-refractivity contribution in [3.05, 3.63) is 39.9 Å². The highest BCUT2D eigenvalue weighted by molar-refractivity contribution is 5.75. The summed E-state index contributed by atoms with van der Waals surface area (Å²) in [6.45, 7) is 1.80. The van der Waals surface area contributed by atoms with Crippen LogP contribution in [0.25, 0.3) is 11.3 Å². The van der Waals surface area contributed by atoms with Gasteiger partial charge in [-0.3, -0.25) is 15.2 Å². The summed E-state index contributed by atoms with van der Waals surface area (Å²) in [5.41, 5.74) is 7.41. The third-order valence-electron chi connectivity index (χ3n) is 2.31. The molecule has 1 heterocycles. The Bertz CT molecular complexity index is 548. The van der Waals surface area contributed by atoms with E-state index in [0.29, 0.717) is 17.1 Å². The Hall–Kier alpha value is -2.37. The number of aryl methyl sites for hydroxylation is 1. The molecule has 0 radical (unpaired) electrons. The molecule has 0 saturated carbocycles. The van der Waals surface area contributed by atoms with Crippen molar-refractivity contribution in [2.24, 2.45) is 0 Å². The summed E-state index contributed by atoms with van der Waals surface area (Å²) in [5.74, 6) is 0.313. The van der Waals surface area contributed by atoms with Gasteiger partial charge in [0.1, 0.15) is 5.82 Å². The number of rotatable bonds is 2. The van der Waals surface area contributed by atoms with E-state index in [-0.39, 0.29) is 5.69 Å². The second-order valence-corrected chi connectivity index (χ2v) is 3.43. The van der Waals surface area contributed by atoms with E-state index in [2.05, 4.69) is 10.2 Å². The smallest absolute Gasteiger partial charge is 0.279 e. The van der Waals surface area contributed by atoms with E-state index in [1.54, 1.807) is 25.1 Å². The fourth-order valence-electron chi connectivity index (χ4n) is 1.62. The van der Waals surface area contributed by atoms with Gasteiger partial charge in [0.05, 0.1) is 16.2 Å². The third kappa shape index (κ3) is 1.60. The quantitative estimate of drug-likeness (QED) is 0.593. The lowest BCUT2D eigenvalue weighted by atomic mass is 10.0. The first kappa shape index (κ1) is 10.2. The lowest BCUT2D eigenvalue weighted by Crippen LogP contribution is -1.94. The van der Waals surface area contributed by atoms with Gasteiger partial charge in [-0.2, -0.15) is 5.10 Å². The summed E-state index contributed by atoms with van der Waals surface area (Å²) in [7, 11) is 0. The number of nitrogen functional groups attached to an aromatic ring is 1. The van der Waals surface area contributed by atoms with Crippen molar-refractivity contribution in [2.45, 2.75) is 6.92 Å². The zero-order chi connectivity index (χ0) is 11.7. The zero-order valence-electron chi connectivity index (χ0n) is 8.60. The second kappa shape index (κ2) is 3.65. The fourth-order valence-corrected chi connectivity index (χ4v) is 1.62. The first-order chi connectivity index (χ1) is 7.59. The molecular weight excluding hydrogens is 208 g/mol. The van der Waals surface area contributed by atoms with Crippen LogP contribution in [0.1, 0.15) is 5.56 Å². The maximum absolute atomic E-state index is 10.9. The maximum atomic E-state index is 10.9. The number of nitro benzene ring substituents is 1. The number of H-pyrrole nitrogens is 1. The first-order valence-corrected chi connectivity index (χ1v) is 4.65. The van der Waals surface area contributed by atoms with Crippen LogP contribution >= 0.6 is 0 Å². The Balaban J connectivity index is 2.67. The van der Waals surface area contributed by atoms with Crippen LogP contribution in [0.2, 0.25) is 0 Å². The summed E-state index contributed by atoms with van der Waals surface area (Å²) in [6.07, 6.45) is 0. The number of benzene rings is 1. The molecule has 0 atom stereocenters. The van der Waals surface area contributed by atoms with Gasteiger partial charge in [-0.1, -0.05) is 12.1 Å². The number of aromatic amines is 1. The van der Waals surface area contributed by atoms with Crippen LogP contribution < -0.4 is 5.73 Å². The molecule has 1 aromatic heterocycles. The molecule has 0 bridgehead atoms. The van der Waals surface area contributed by atoms with Crippen LogP contribution in [0.4, 0.5) is 11.5 Å². The van der Waals surface area contributed by atoms with Crippen LogP contribution in [0.5, 0.6) is 0 Å². The average Bonchev–Trinajstić information content (AvgIpc) is 2.64. The van der Waals surface area contributed by atoms with Crippen molar-refractivity contribution in [2.75, 3.05) is 5.73 Å². The number of nitrogens with two attached hydrogens (primary N) is 1. The summed E-state index contributed by atoms with van der Waals surface area (Å²) >= 11 is 0. The number of hydrogen-bond acceptors (Lipinski definition) is 4. The molecular formula is C10H10N4O2. The molecule has 2 rings (SSSR count). The fraction of sp³-hybridized carbons (Fsp3) is 0.100. The third-order valence-corrected chi connectivity index (χ3v) is 2.31. The summed E-state index contributed by atoms with van der Waals surface area (Å²) < 4.78 is 0. The van der Waals surface area contributed by atoms with Crippen LogP contribution in [-0.4, -0.2) is 15.1 Å². The monoisotopic (exact) mass is 218 g/mol. The van der Waals surface area contributed by atoms with E-state index in [1.807, 2.05) is 0 Å². The van der Waals surface area contributed by atoms with Crippen LogP contribution in [0.15, 0.2) is 24.3 Å². The van der Waals surface area contributed by atoms with Crippen molar-refractivity contribution in [3.8, 4) is 11.3 Å². The van der Waals surface area contributed by atoms with Crippen molar-refractivity contribution >= 4 is 11.5 Å². The Labute approximate surface area is 91.2 Å². The topological polar surface area (TPSA) is 97.8 Å². The van der Waals surface area contributed by atoms with Gasteiger partial charge in [-0.15, -0.1) is 0 Å². The maximum Gasteiger partial charge on any atom is 0.279 e. The van der Waals surface area contributed by atoms with Crippen molar-refractivity contribution in [1.29, 1.82) is 0 Å². The number of hydrogen-bond donors (Lipinski definition) is 2. The molecule has 0 unspecified atom stereocenters. The molecule has 3 N–H and O–H groups in total. The number of nitro groups is 1. The highest BCUT2D eigenvalue weighted by Gasteiger charge is 2.18. The molecule has 82 valence electrons. The molecule has 6 nitrogen and oxygen atoms in total. The predicted octanol–water partition coefficient (Wildman–Crippen LogP) is 1.88. The molecule has 0 saturated heterocycles. The molecule has 0 aliphatic rings. The number of nitrogens with one attached hydrogen (secondary N) is 1. The van der Waals surface area contributed by atoms with Crippen LogP contribution in [0, 0.1) is 17.0 Å². The number of anilines is 1. The lowest BCUT2D eigenvalue weighted by Gasteiger charge is -2.03. The van der Waals surface area contributed by atoms with Gasteiger partial charge in [0.15, 0.2) is 0 Å². The SMILES string of the molecule is Cc1cccc([N+](=O)[O-])c1-c1cc(N)n[nH]1. The Morgan fingerprint density at radius 3 is 2.81 bits per heavy atom. The molecule has 2 aromatic rings. The van der Waals surface area contributed by atoms with Gasteiger partial charge in [-0.25, -0.2) is 0 Å². The molecule has 0 amide bonds. The van der Waals surface area contributed by atoms with Gasteiger partial charge in [0.25, 0.3) is 5.69 Å². The first-order valence-electron chi connectivity index (χ1n) is 4.65. The Morgan fingerprint density at radius 1 is 1.50 bits per heavy atom. The molecule has 0 aliphatic carbocycles. The van der Waals surface area contributed by atoms with E-state index < -0.39 is 4.92 Å². The van der Waals surface area contributed by atoms with Gasteiger partial charge in [-0.05, 0) is 12.5 Å². The largest absolute Gasteiger partial charge is 0.382 e. The highest BCUT2D eigenvalue weighted by atomic mass is 16.6. The Morgan fingerprint density at radius 2 is 2.25 bits per heavy atom. The zero-order valence-corrected chi connectivity index (χ0v) is 8.60. The van der Waals surface area contributed by atoms with E-state index in [0.717, 1.165) is 5.56 Å². The normalized spacial score (nSPS) is 10.3. The molecule has 0 fully saturated rings.